The van der Waals surface area contributed by atoms with Gasteiger partial charge in [0.1, 0.15) is 11.6 Å². The zero-order valence-corrected chi connectivity index (χ0v) is 8.66. The number of nitrogens with one attached hydrogen (secondary N) is 1. The Labute approximate surface area is 85.0 Å². The first kappa shape index (κ1) is 9.44. The van der Waals surface area contributed by atoms with Crippen LogP contribution in [-0.2, 0) is 0 Å². The minimum Gasteiger partial charge on any atom is -0.370 e. The monoisotopic (exact) mass is 191 g/mol. The van der Waals surface area contributed by atoms with E-state index in [2.05, 4.69) is 15.3 Å². The quantitative estimate of drug-likeness (QED) is 0.794. The van der Waals surface area contributed by atoms with Crippen LogP contribution in [0.2, 0.25) is 0 Å². The van der Waals surface area contributed by atoms with Gasteiger partial charge in [-0.1, -0.05) is 19.3 Å². The van der Waals surface area contributed by atoms with Gasteiger partial charge in [-0.2, -0.15) is 0 Å². The Bertz CT molecular complexity index is 294. The van der Waals surface area contributed by atoms with Crippen molar-refractivity contribution in [3.63, 3.8) is 0 Å². The maximum Gasteiger partial charge on any atom is 0.129 e. The fraction of sp³-hybridized carbons (Fsp3) is 0.636. The Morgan fingerprint density at radius 2 is 2.36 bits per heavy atom. The Balaban J connectivity index is 1.74. The maximum absolute atomic E-state index is 4.29. The van der Waals surface area contributed by atoms with Gasteiger partial charge >= 0.3 is 0 Å². The summed E-state index contributed by atoms with van der Waals surface area (Å²) in [6.45, 7) is 2.96. The molecule has 0 atom stereocenters. The molecule has 1 aromatic heterocycles. The largest absolute Gasteiger partial charge is 0.370 e. The lowest BCUT2D eigenvalue weighted by molar-refractivity contribution is 0.303. The molecule has 1 N–H and O–H groups in total. The standard InChI is InChI=1S/C11H17N3/c1-9-12-8-6-11(14-9)13-7-5-10-3-2-4-10/h6,8,10H,2-5,7H2,1H3,(H,12,13,14). The first-order valence-corrected chi connectivity index (χ1v) is 5.38. The third kappa shape index (κ3) is 2.44. The van der Waals surface area contributed by atoms with E-state index in [1.54, 1.807) is 6.20 Å². The summed E-state index contributed by atoms with van der Waals surface area (Å²) < 4.78 is 0. The molecule has 3 nitrogen and oxygen atoms in total. The van der Waals surface area contributed by atoms with Crippen molar-refractivity contribution in [2.75, 3.05) is 11.9 Å². The lowest BCUT2D eigenvalue weighted by Gasteiger charge is -2.25. The highest BCUT2D eigenvalue weighted by Crippen LogP contribution is 2.28. The van der Waals surface area contributed by atoms with Crippen LogP contribution in [0, 0.1) is 12.8 Å². The second-order valence-electron chi connectivity index (χ2n) is 4.00. The number of hydrogen-bond acceptors (Lipinski definition) is 3. The van der Waals surface area contributed by atoms with Crippen LogP contribution in [0.25, 0.3) is 0 Å². The van der Waals surface area contributed by atoms with Gasteiger partial charge in [-0.15, -0.1) is 0 Å². The van der Waals surface area contributed by atoms with Crippen LogP contribution in [0.1, 0.15) is 31.5 Å². The van der Waals surface area contributed by atoms with Crippen molar-refractivity contribution in [1.29, 1.82) is 0 Å². The molecule has 1 heterocycles. The van der Waals surface area contributed by atoms with E-state index in [9.17, 15) is 0 Å². The van der Waals surface area contributed by atoms with Crippen LogP contribution in [-0.4, -0.2) is 16.5 Å². The topological polar surface area (TPSA) is 37.8 Å². The molecule has 14 heavy (non-hydrogen) atoms. The van der Waals surface area contributed by atoms with Crippen LogP contribution in [0.5, 0.6) is 0 Å². The van der Waals surface area contributed by atoms with Crippen molar-refractivity contribution in [2.24, 2.45) is 5.92 Å². The van der Waals surface area contributed by atoms with Gasteiger partial charge in [0.15, 0.2) is 0 Å². The summed E-state index contributed by atoms with van der Waals surface area (Å²) in [7, 11) is 0. The van der Waals surface area contributed by atoms with Gasteiger partial charge in [0.25, 0.3) is 0 Å². The Morgan fingerprint density at radius 1 is 1.50 bits per heavy atom. The van der Waals surface area contributed by atoms with Gasteiger partial charge in [0, 0.05) is 12.7 Å². The average Bonchev–Trinajstić information content (AvgIpc) is 2.09. The molecule has 0 spiro atoms. The number of aryl methyl sites for hydroxylation is 1. The third-order valence-electron chi connectivity index (χ3n) is 2.86. The van der Waals surface area contributed by atoms with Crippen molar-refractivity contribution in [3.05, 3.63) is 18.1 Å². The lowest BCUT2D eigenvalue weighted by atomic mass is 9.83. The summed E-state index contributed by atoms with van der Waals surface area (Å²) in [6, 6.07) is 1.92. The highest BCUT2D eigenvalue weighted by molar-refractivity contribution is 5.32. The third-order valence-corrected chi connectivity index (χ3v) is 2.86. The SMILES string of the molecule is Cc1nccc(NCCC2CCC2)n1. The zero-order chi connectivity index (χ0) is 9.80. The fourth-order valence-corrected chi connectivity index (χ4v) is 1.74. The number of aromatic nitrogens is 2. The molecular formula is C11H17N3. The highest BCUT2D eigenvalue weighted by Gasteiger charge is 2.16. The highest BCUT2D eigenvalue weighted by atomic mass is 15.0. The molecule has 1 saturated carbocycles. The molecule has 0 aliphatic heterocycles. The molecule has 0 bridgehead atoms. The van der Waals surface area contributed by atoms with E-state index in [0.717, 1.165) is 24.1 Å². The van der Waals surface area contributed by atoms with Gasteiger partial charge in [0.2, 0.25) is 0 Å². The average molecular weight is 191 g/mol. The van der Waals surface area contributed by atoms with Crippen LogP contribution < -0.4 is 5.32 Å². The summed E-state index contributed by atoms with van der Waals surface area (Å²) in [5, 5.41) is 3.33. The Morgan fingerprint density at radius 3 is 3.00 bits per heavy atom. The molecule has 0 aromatic carbocycles. The Hall–Kier alpha value is -1.12. The molecule has 1 aliphatic carbocycles. The number of nitrogens with zero attached hydrogens (tertiary/aromatic N) is 2. The Kier molecular flexibility index (Phi) is 2.96. The van der Waals surface area contributed by atoms with Crippen LogP contribution in [0.4, 0.5) is 5.82 Å². The van der Waals surface area contributed by atoms with E-state index in [4.69, 9.17) is 0 Å². The van der Waals surface area contributed by atoms with Crippen LogP contribution in [0.3, 0.4) is 0 Å². The van der Waals surface area contributed by atoms with Crippen molar-refractivity contribution in [3.8, 4) is 0 Å². The summed E-state index contributed by atoms with van der Waals surface area (Å²) in [5.74, 6) is 2.75. The van der Waals surface area contributed by atoms with Gasteiger partial charge < -0.3 is 5.32 Å². The molecule has 0 amide bonds. The predicted octanol–water partition coefficient (Wildman–Crippen LogP) is 2.39. The molecule has 76 valence electrons. The van der Waals surface area contributed by atoms with Crippen molar-refractivity contribution >= 4 is 5.82 Å². The van der Waals surface area contributed by atoms with E-state index in [0.29, 0.717) is 0 Å². The second kappa shape index (κ2) is 4.40. The van der Waals surface area contributed by atoms with E-state index in [1.807, 2.05) is 13.0 Å². The molecule has 1 fully saturated rings. The maximum atomic E-state index is 4.29. The number of rotatable bonds is 4. The predicted molar refractivity (Wildman–Crippen MR) is 57.2 cm³/mol. The smallest absolute Gasteiger partial charge is 0.129 e. The van der Waals surface area contributed by atoms with Gasteiger partial charge in [-0.3, -0.25) is 0 Å². The summed E-state index contributed by atoms with van der Waals surface area (Å²) >= 11 is 0. The van der Waals surface area contributed by atoms with Gasteiger partial charge in [-0.05, 0) is 25.3 Å². The molecule has 3 heteroatoms. The fourth-order valence-electron chi connectivity index (χ4n) is 1.74. The minimum absolute atomic E-state index is 0.832. The summed E-state index contributed by atoms with van der Waals surface area (Å²) in [6.07, 6.45) is 7.35. The zero-order valence-electron chi connectivity index (χ0n) is 8.66. The summed E-state index contributed by atoms with van der Waals surface area (Å²) in [5.41, 5.74) is 0. The van der Waals surface area contributed by atoms with Crippen molar-refractivity contribution in [1.82, 2.24) is 9.97 Å². The van der Waals surface area contributed by atoms with Crippen molar-refractivity contribution in [2.45, 2.75) is 32.6 Å². The first-order chi connectivity index (χ1) is 6.84. The van der Waals surface area contributed by atoms with E-state index in [1.165, 1.54) is 25.7 Å². The molecule has 1 aromatic rings. The second-order valence-corrected chi connectivity index (χ2v) is 4.00. The number of hydrogen-bond donors (Lipinski definition) is 1. The number of anilines is 1. The summed E-state index contributed by atoms with van der Waals surface area (Å²) in [4.78, 5) is 8.35. The first-order valence-electron chi connectivity index (χ1n) is 5.38. The molecule has 0 radical (unpaired) electrons. The minimum atomic E-state index is 0.832. The van der Waals surface area contributed by atoms with Crippen LogP contribution >= 0.6 is 0 Å². The van der Waals surface area contributed by atoms with Crippen molar-refractivity contribution < 1.29 is 0 Å². The van der Waals surface area contributed by atoms with E-state index in [-0.39, 0.29) is 0 Å². The molecule has 2 rings (SSSR count). The molecular weight excluding hydrogens is 174 g/mol. The van der Waals surface area contributed by atoms with Crippen LogP contribution in [0.15, 0.2) is 12.3 Å². The normalized spacial score (nSPS) is 16.4. The molecule has 0 unspecified atom stereocenters. The van der Waals surface area contributed by atoms with Gasteiger partial charge in [-0.25, -0.2) is 9.97 Å². The lowest BCUT2D eigenvalue weighted by Crippen LogP contribution is -2.16. The van der Waals surface area contributed by atoms with E-state index < -0.39 is 0 Å². The molecule has 0 saturated heterocycles. The van der Waals surface area contributed by atoms with Gasteiger partial charge in [0.05, 0.1) is 0 Å². The molecule has 1 aliphatic rings. The van der Waals surface area contributed by atoms with E-state index >= 15 is 0 Å².